The number of nitrogens with zero attached hydrogens (tertiary/aromatic N) is 3. The Balaban J connectivity index is 2.12. The standard InChI is InChI=1S/C11H20N4O2S/c1-9(2)14-4-6-15(7-5-14)18(16,17)11-8-12-13-10(11)3/h8-9H,4-7H2,1-3H3,(H,12,13). The molecule has 0 aliphatic carbocycles. The van der Waals surface area contributed by atoms with Gasteiger partial charge in [0, 0.05) is 32.2 Å². The van der Waals surface area contributed by atoms with Crippen LogP contribution in [0.4, 0.5) is 0 Å². The maximum atomic E-state index is 12.4. The first-order valence-corrected chi connectivity index (χ1v) is 7.61. The van der Waals surface area contributed by atoms with E-state index in [0.29, 0.717) is 29.7 Å². The van der Waals surface area contributed by atoms with E-state index in [1.807, 2.05) is 0 Å². The summed E-state index contributed by atoms with van der Waals surface area (Å²) >= 11 is 0. The van der Waals surface area contributed by atoms with Crippen molar-refractivity contribution in [3.63, 3.8) is 0 Å². The third kappa shape index (κ3) is 2.43. The summed E-state index contributed by atoms with van der Waals surface area (Å²) in [7, 11) is -3.39. The molecule has 6 nitrogen and oxygen atoms in total. The summed E-state index contributed by atoms with van der Waals surface area (Å²) in [5.41, 5.74) is 0.598. The van der Waals surface area contributed by atoms with Crippen LogP contribution in [0.15, 0.2) is 11.1 Å². The summed E-state index contributed by atoms with van der Waals surface area (Å²) in [5.74, 6) is 0. The normalized spacial score (nSPS) is 19.6. The van der Waals surface area contributed by atoms with Crippen molar-refractivity contribution in [3.8, 4) is 0 Å². The van der Waals surface area contributed by atoms with Gasteiger partial charge in [-0.25, -0.2) is 8.42 Å². The molecule has 0 bridgehead atoms. The van der Waals surface area contributed by atoms with Crippen LogP contribution in [0, 0.1) is 6.92 Å². The Bertz CT molecular complexity index is 501. The van der Waals surface area contributed by atoms with Gasteiger partial charge in [0.15, 0.2) is 0 Å². The summed E-state index contributed by atoms with van der Waals surface area (Å²) in [4.78, 5) is 2.58. The number of aryl methyl sites for hydroxylation is 1. The zero-order valence-corrected chi connectivity index (χ0v) is 11.9. The number of hydrogen-bond acceptors (Lipinski definition) is 4. The summed E-state index contributed by atoms with van der Waals surface area (Å²) in [6, 6.07) is 0.463. The molecule has 1 aliphatic heterocycles. The van der Waals surface area contributed by atoms with Gasteiger partial charge in [-0.05, 0) is 20.8 Å². The van der Waals surface area contributed by atoms with Crippen molar-refractivity contribution in [1.82, 2.24) is 19.4 Å². The van der Waals surface area contributed by atoms with Gasteiger partial charge < -0.3 is 0 Å². The Labute approximate surface area is 108 Å². The summed E-state index contributed by atoms with van der Waals surface area (Å²) in [5, 5.41) is 6.46. The van der Waals surface area contributed by atoms with Gasteiger partial charge in [-0.1, -0.05) is 0 Å². The number of aromatic nitrogens is 2. The van der Waals surface area contributed by atoms with Crippen molar-refractivity contribution >= 4 is 10.0 Å². The number of sulfonamides is 1. The van der Waals surface area contributed by atoms with Crippen LogP contribution in [-0.2, 0) is 10.0 Å². The minimum Gasteiger partial charge on any atom is -0.298 e. The van der Waals surface area contributed by atoms with Gasteiger partial charge in [-0.15, -0.1) is 0 Å². The monoisotopic (exact) mass is 272 g/mol. The molecule has 1 aromatic rings. The average Bonchev–Trinajstić information content (AvgIpc) is 2.76. The Kier molecular flexibility index (Phi) is 3.74. The van der Waals surface area contributed by atoms with E-state index in [4.69, 9.17) is 0 Å². The molecule has 0 spiro atoms. The molecular formula is C11H20N4O2S. The lowest BCUT2D eigenvalue weighted by Gasteiger charge is -2.36. The highest BCUT2D eigenvalue weighted by Gasteiger charge is 2.30. The molecule has 2 rings (SSSR count). The van der Waals surface area contributed by atoms with E-state index in [1.54, 1.807) is 11.2 Å². The maximum absolute atomic E-state index is 12.4. The minimum absolute atomic E-state index is 0.292. The smallest absolute Gasteiger partial charge is 0.246 e. The summed E-state index contributed by atoms with van der Waals surface area (Å²) in [6.07, 6.45) is 1.39. The van der Waals surface area contributed by atoms with Crippen molar-refractivity contribution in [3.05, 3.63) is 11.9 Å². The molecule has 1 aromatic heterocycles. The molecule has 0 amide bonds. The van der Waals surface area contributed by atoms with Crippen LogP contribution in [0.1, 0.15) is 19.5 Å². The van der Waals surface area contributed by atoms with Gasteiger partial charge in [-0.2, -0.15) is 9.40 Å². The van der Waals surface area contributed by atoms with Gasteiger partial charge >= 0.3 is 0 Å². The molecule has 1 N–H and O–H groups in total. The first-order chi connectivity index (χ1) is 8.43. The van der Waals surface area contributed by atoms with Crippen LogP contribution < -0.4 is 0 Å². The highest BCUT2D eigenvalue weighted by molar-refractivity contribution is 7.89. The number of H-pyrrole nitrogens is 1. The fraction of sp³-hybridized carbons (Fsp3) is 0.727. The lowest BCUT2D eigenvalue weighted by molar-refractivity contribution is 0.154. The minimum atomic E-state index is -3.39. The molecule has 0 unspecified atom stereocenters. The fourth-order valence-electron chi connectivity index (χ4n) is 2.20. The van der Waals surface area contributed by atoms with E-state index in [0.717, 1.165) is 13.1 Å². The highest BCUT2D eigenvalue weighted by atomic mass is 32.2. The number of rotatable bonds is 3. The molecule has 0 saturated carbocycles. The SMILES string of the molecule is Cc1[nH]ncc1S(=O)(=O)N1CCN(C(C)C)CC1. The van der Waals surface area contributed by atoms with Crippen LogP contribution in [-0.4, -0.2) is 60.0 Å². The lowest BCUT2D eigenvalue weighted by Crippen LogP contribution is -2.50. The molecule has 0 atom stereocenters. The molecule has 1 fully saturated rings. The maximum Gasteiger partial charge on any atom is 0.246 e. The van der Waals surface area contributed by atoms with Gasteiger partial charge in [0.2, 0.25) is 10.0 Å². The van der Waals surface area contributed by atoms with Crippen molar-refractivity contribution in [2.45, 2.75) is 31.7 Å². The second-order valence-electron chi connectivity index (χ2n) is 4.89. The molecule has 1 saturated heterocycles. The third-order valence-corrected chi connectivity index (χ3v) is 5.42. The first-order valence-electron chi connectivity index (χ1n) is 6.17. The van der Waals surface area contributed by atoms with Gasteiger partial charge in [0.25, 0.3) is 0 Å². The number of hydrogen-bond donors (Lipinski definition) is 1. The third-order valence-electron chi connectivity index (χ3n) is 3.41. The van der Waals surface area contributed by atoms with Gasteiger partial charge in [-0.3, -0.25) is 10.00 Å². The largest absolute Gasteiger partial charge is 0.298 e. The van der Waals surface area contributed by atoms with E-state index >= 15 is 0 Å². The predicted octanol–water partition coefficient (Wildman–Crippen LogP) is 0.433. The molecule has 0 radical (unpaired) electrons. The van der Waals surface area contributed by atoms with E-state index in [1.165, 1.54) is 6.20 Å². The van der Waals surface area contributed by atoms with E-state index in [2.05, 4.69) is 28.9 Å². The molecule has 18 heavy (non-hydrogen) atoms. The Morgan fingerprint density at radius 3 is 2.33 bits per heavy atom. The first kappa shape index (κ1) is 13.5. The van der Waals surface area contributed by atoms with Crippen molar-refractivity contribution in [1.29, 1.82) is 0 Å². The topological polar surface area (TPSA) is 69.3 Å². The summed E-state index contributed by atoms with van der Waals surface area (Å²) in [6.45, 7) is 8.65. The van der Waals surface area contributed by atoms with E-state index < -0.39 is 10.0 Å². The lowest BCUT2D eigenvalue weighted by atomic mass is 10.3. The number of piperazine rings is 1. The molecule has 1 aliphatic rings. The van der Waals surface area contributed by atoms with E-state index in [-0.39, 0.29) is 0 Å². The van der Waals surface area contributed by atoms with Crippen molar-refractivity contribution in [2.24, 2.45) is 0 Å². The van der Waals surface area contributed by atoms with Crippen LogP contribution >= 0.6 is 0 Å². The van der Waals surface area contributed by atoms with E-state index in [9.17, 15) is 8.42 Å². The Morgan fingerprint density at radius 1 is 1.28 bits per heavy atom. The Hall–Kier alpha value is -0.920. The fourth-order valence-corrected chi connectivity index (χ4v) is 3.74. The number of nitrogens with one attached hydrogen (secondary N) is 1. The van der Waals surface area contributed by atoms with Crippen molar-refractivity contribution in [2.75, 3.05) is 26.2 Å². The zero-order valence-electron chi connectivity index (χ0n) is 11.0. The zero-order chi connectivity index (χ0) is 13.3. The molecule has 2 heterocycles. The second kappa shape index (κ2) is 4.99. The molecule has 102 valence electrons. The molecule has 0 aromatic carbocycles. The quantitative estimate of drug-likeness (QED) is 0.866. The Morgan fingerprint density at radius 2 is 1.89 bits per heavy atom. The second-order valence-corrected chi connectivity index (χ2v) is 6.80. The molecule has 7 heteroatoms. The highest BCUT2D eigenvalue weighted by Crippen LogP contribution is 2.19. The van der Waals surface area contributed by atoms with Crippen LogP contribution in [0.5, 0.6) is 0 Å². The number of aromatic amines is 1. The average molecular weight is 272 g/mol. The van der Waals surface area contributed by atoms with Crippen LogP contribution in [0.2, 0.25) is 0 Å². The molecular weight excluding hydrogens is 252 g/mol. The predicted molar refractivity (Wildman–Crippen MR) is 68.8 cm³/mol. The summed E-state index contributed by atoms with van der Waals surface area (Å²) < 4.78 is 26.3. The van der Waals surface area contributed by atoms with Gasteiger partial charge in [0.1, 0.15) is 4.90 Å². The van der Waals surface area contributed by atoms with Gasteiger partial charge in [0.05, 0.1) is 11.9 Å². The van der Waals surface area contributed by atoms with Crippen LogP contribution in [0.3, 0.4) is 0 Å². The van der Waals surface area contributed by atoms with Crippen molar-refractivity contribution < 1.29 is 8.42 Å². The van der Waals surface area contributed by atoms with Crippen LogP contribution in [0.25, 0.3) is 0 Å².